The van der Waals surface area contributed by atoms with Gasteiger partial charge in [-0.1, -0.05) is 30.3 Å². The number of carbonyl (C=O) groups is 1. The lowest BCUT2D eigenvalue weighted by molar-refractivity contribution is 0.0947. The Balaban J connectivity index is 1.40. The zero-order chi connectivity index (χ0) is 20.5. The van der Waals surface area contributed by atoms with Gasteiger partial charge in [0.25, 0.3) is 5.91 Å². The summed E-state index contributed by atoms with van der Waals surface area (Å²) in [5.41, 5.74) is 4.30. The lowest BCUT2D eigenvalue weighted by Crippen LogP contribution is -2.42. The van der Waals surface area contributed by atoms with Crippen molar-refractivity contribution in [2.45, 2.75) is 38.4 Å². The molecule has 154 valence electrons. The van der Waals surface area contributed by atoms with Crippen molar-refractivity contribution in [2.75, 3.05) is 11.9 Å². The summed E-state index contributed by atoms with van der Waals surface area (Å²) in [5, 5.41) is 10.4. The Bertz CT molecular complexity index is 1040. The molecular formula is C25H27N3O2. The third kappa shape index (κ3) is 3.61. The second kappa shape index (κ2) is 8.00. The van der Waals surface area contributed by atoms with Crippen LogP contribution in [0.4, 0.5) is 5.69 Å². The Morgan fingerprint density at radius 1 is 1.10 bits per heavy atom. The van der Waals surface area contributed by atoms with Crippen molar-refractivity contribution in [3.63, 3.8) is 0 Å². The minimum Gasteiger partial charge on any atom is -0.465 e. The van der Waals surface area contributed by atoms with E-state index in [2.05, 4.69) is 46.3 Å². The Kier molecular flexibility index (Phi) is 5.05. The van der Waals surface area contributed by atoms with Crippen molar-refractivity contribution in [2.24, 2.45) is 5.92 Å². The number of rotatable bonds is 4. The summed E-state index contributed by atoms with van der Waals surface area (Å²) < 4.78 is 5.55. The number of aryl methyl sites for hydroxylation is 1. The molecule has 3 N–H and O–H groups in total. The number of fused-ring (bicyclic) bond motifs is 3. The van der Waals surface area contributed by atoms with Crippen molar-refractivity contribution in [3.05, 3.63) is 88.9 Å². The summed E-state index contributed by atoms with van der Waals surface area (Å²) >= 11 is 0. The minimum atomic E-state index is -0.0793. The first-order chi connectivity index (χ1) is 14.7. The maximum absolute atomic E-state index is 12.8. The average molecular weight is 402 g/mol. The van der Waals surface area contributed by atoms with Gasteiger partial charge in [0, 0.05) is 23.2 Å². The van der Waals surface area contributed by atoms with Crippen LogP contribution in [0.3, 0.4) is 0 Å². The highest BCUT2D eigenvalue weighted by molar-refractivity contribution is 5.95. The fraction of sp³-hybridized carbons (Fsp3) is 0.320. The van der Waals surface area contributed by atoms with Crippen molar-refractivity contribution < 1.29 is 9.21 Å². The molecule has 1 aromatic heterocycles. The number of carbonyl (C=O) groups excluding carboxylic acids is 1. The molecule has 5 rings (SSSR count). The Hall–Kier alpha value is -3.05. The number of benzene rings is 2. The molecule has 5 heteroatoms. The molecule has 0 spiro atoms. The van der Waals surface area contributed by atoms with Crippen LogP contribution in [0.15, 0.2) is 65.1 Å². The van der Waals surface area contributed by atoms with E-state index in [4.69, 9.17) is 4.42 Å². The van der Waals surface area contributed by atoms with E-state index in [-0.39, 0.29) is 18.0 Å². The summed E-state index contributed by atoms with van der Waals surface area (Å²) in [5.74, 6) is 1.99. The maximum atomic E-state index is 12.8. The van der Waals surface area contributed by atoms with E-state index in [9.17, 15) is 4.79 Å². The fourth-order valence-corrected chi connectivity index (χ4v) is 4.82. The quantitative estimate of drug-likeness (QED) is 0.592. The predicted molar refractivity (Wildman–Crippen MR) is 117 cm³/mol. The van der Waals surface area contributed by atoms with E-state index in [0.717, 1.165) is 30.2 Å². The molecule has 0 saturated carbocycles. The van der Waals surface area contributed by atoms with E-state index >= 15 is 0 Å². The molecule has 0 aliphatic carbocycles. The average Bonchev–Trinajstić information content (AvgIpc) is 3.22. The van der Waals surface area contributed by atoms with Gasteiger partial charge in [-0.05, 0) is 67.8 Å². The maximum Gasteiger partial charge on any atom is 0.251 e. The van der Waals surface area contributed by atoms with E-state index in [0.29, 0.717) is 18.0 Å². The number of furan rings is 1. The zero-order valence-electron chi connectivity index (χ0n) is 17.2. The summed E-state index contributed by atoms with van der Waals surface area (Å²) in [6.45, 7) is 3.30. The third-order valence-electron chi connectivity index (χ3n) is 6.27. The second-order valence-corrected chi connectivity index (χ2v) is 8.27. The summed E-state index contributed by atoms with van der Waals surface area (Å²) in [6, 6.07) is 21.0. The van der Waals surface area contributed by atoms with E-state index in [1.807, 2.05) is 37.3 Å². The van der Waals surface area contributed by atoms with Crippen LogP contribution < -0.4 is 16.0 Å². The number of hydrogen-bond donors (Lipinski definition) is 3. The molecule has 0 bridgehead atoms. The molecule has 1 fully saturated rings. The highest BCUT2D eigenvalue weighted by atomic mass is 16.3. The molecule has 30 heavy (non-hydrogen) atoms. The Morgan fingerprint density at radius 2 is 1.97 bits per heavy atom. The van der Waals surface area contributed by atoms with Crippen molar-refractivity contribution >= 4 is 11.6 Å². The Labute approximate surface area is 176 Å². The smallest absolute Gasteiger partial charge is 0.251 e. The van der Waals surface area contributed by atoms with Gasteiger partial charge in [0.2, 0.25) is 0 Å². The number of amides is 1. The van der Waals surface area contributed by atoms with Gasteiger partial charge < -0.3 is 20.4 Å². The Morgan fingerprint density at radius 3 is 2.77 bits per heavy atom. The number of nitrogens with one attached hydrogen (secondary N) is 3. The first-order valence-corrected chi connectivity index (χ1v) is 10.7. The van der Waals surface area contributed by atoms with Gasteiger partial charge in [0.1, 0.15) is 11.5 Å². The standard InChI is InChI=1S/C25H27N3O2/c1-16-9-11-19(30-16)15-27-25(29)18-10-12-22-21(14-18)24-20(8-5-13-26-24)23(28-22)17-6-3-2-4-7-17/h2-4,6-7,9-12,14,20,23-24,26,28H,5,8,13,15H2,1H3,(H,27,29). The second-order valence-electron chi connectivity index (χ2n) is 8.27. The van der Waals surface area contributed by atoms with Gasteiger partial charge in [-0.15, -0.1) is 0 Å². The van der Waals surface area contributed by atoms with Gasteiger partial charge in [-0.3, -0.25) is 4.79 Å². The molecular weight excluding hydrogens is 374 g/mol. The monoisotopic (exact) mass is 401 g/mol. The number of piperidine rings is 1. The van der Waals surface area contributed by atoms with Crippen LogP contribution in [-0.2, 0) is 6.54 Å². The van der Waals surface area contributed by atoms with Gasteiger partial charge in [-0.2, -0.15) is 0 Å². The molecule has 2 aromatic carbocycles. The largest absolute Gasteiger partial charge is 0.465 e. The van der Waals surface area contributed by atoms with E-state index in [1.165, 1.54) is 17.5 Å². The van der Waals surface area contributed by atoms with Crippen LogP contribution in [0.2, 0.25) is 0 Å². The lowest BCUT2D eigenvalue weighted by atomic mass is 9.75. The molecule has 5 nitrogen and oxygen atoms in total. The zero-order valence-corrected chi connectivity index (χ0v) is 17.2. The minimum absolute atomic E-state index is 0.0793. The van der Waals surface area contributed by atoms with Gasteiger partial charge in [0.15, 0.2) is 0 Å². The molecule has 3 heterocycles. The third-order valence-corrected chi connectivity index (χ3v) is 6.27. The molecule has 1 saturated heterocycles. The highest BCUT2D eigenvalue weighted by Crippen LogP contribution is 2.46. The van der Waals surface area contributed by atoms with Crippen LogP contribution in [0.5, 0.6) is 0 Å². The van der Waals surface area contributed by atoms with Crippen molar-refractivity contribution in [1.29, 1.82) is 0 Å². The molecule has 3 unspecified atom stereocenters. The van der Waals surface area contributed by atoms with Crippen LogP contribution >= 0.6 is 0 Å². The highest BCUT2D eigenvalue weighted by Gasteiger charge is 2.38. The predicted octanol–water partition coefficient (Wildman–Crippen LogP) is 4.73. The number of hydrogen-bond acceptors (Lipinski definition) is 4. The van der Waals surface area contributed by atoms with Crippen LogP contribution in [0.25, 0.3) is 0 Å². The van der Waals surface area contributed by atoms with Gasteiger partial charge in [-0.25, -0.2) is 0 Å². The molecule has 1 amide bonds. The summed E-state index contributed by atoms with van der Waals surface area (Å²) in [7, 11) is 0. The molecule has 0 radical (unpaired) electrons. The van der Waals surface area contributed by atoms with Gasteiger partial charge >= 0.3 is 0 Å². The molecule has 2 aliphatic rings. The van der Waals surface area contributed by atoms with E-state index in [1.54, 1.807) is 0 Å². The molecule has 2 aliphatic heterocycles. The van der Waals surface area contributed by atoms with E-state index < -0.39 is 0 Å². The summed E-state index contributed by atoms with van der Waals surface area (Å²) in [6.07, 6.45) is 2.34. The van der Waals surface area contributed by atoms with Crippen LogP contribution in [0, 0.1) is 12.8 Å². The van der Waals surface area contributed by atoms with Crippen LogP contribution in [0.1, 0.15) is 57.9 Å². The van der Waals surface area contributed by atoms with Crippen LogP contribution in [-0.4, -0.2) is 12.5 Å². The first-order valence-electron chi connectivity index (χ1n) is 10.7. The topological polar surface area (TPSA) is 66.3 Å². The summed E-state index contributed by atoms with van der Waals surface area (Å²) in [4.78, 5) is 12.8. The number of anilines is 1. The lowest BCUT2D eigenvalue weighted by Gasteiger charge is -2.44. The fourth-order valence-electron chi connectivity index (χ4n) is 4.82. The molecule has 3 atom stereocenters. The van der Waals surface area contributed by atoms with Crippen molar-refractivity contribution in [3.8, 4) is 0 Å². The first kappa shape index (κ1) is 18.9. The SMILES string of the molecule is Cc1ccc(CNC(=O)c2ccc3c(c2)C2NCCCC2C(c2ccccc2)N3)o1. The van der Waals surface area contributed by atoms with Crippen molar-refractivity contribution in [1.82, 2.24) is 10.6 Å². The normalized spacial score (nSPS) is 22.5. The van der Waals surface area contributed by atoms with Gasteiger partial charge in [0.05, 0.1) is 12.6 Å². The molecule has 3 aromatic rings.